The first-order valence-corrected chi connectivity index (χ1v) is 4.91. The maximum Gasteiger partial charge on any atom is 0.127 e. The number of benzene rings is 1. The van der Waals surface area contributed by atoms with Crippen LogP contribution in [0.4, 0.5) is 4.39 Å². The number of aliphatic hydroxyl groups is 1. The van der Waals surface area contributed by atoms with E-state index >= 15 is 0 Å². The lowest BCUT2D eigenvalue weighted by Gasteiger charge is -2.16. The lowest BCUT2D eigenvalue weighted by atomic mass is 10.0. The number of halogens is 2. The second kappa shape index (κ2) is 6.68. The number of ether oxygens (including phenoxy) is 1. The highest BCUT2D eigenvalue weighted by atomic mass is 35.5. The molecule has 1 aromatic rings. The van der Waals surface area contributed by atoms with Crippen molar-refractivity contribution >= 4 is 12.4 Å². The van der Waals surface area contributed by atoms with E-state index in [9.17, 15) is 9.50 Å². The predicted octanol–water partition coefficient (Wildman–Crippen LogP) is 2.03. The van der Waals surface area contributed by atoms with Gasteiger partial charge in [-0.2, -0.15) is 0 Å². The quantitative estimate of drug-likeness (QED) is 0.859. The Kier molecular flexibility index (Phi) is 6.33. The van der Waals surface area contributed by atoms with Crippen molar-refractivity contribution in [2.45, 2.75) is 26.0 Å². The van der Waals surface area contributed by atoms with E-state index in [2.05, 4.69) is 0 Å². The molecule has 0 spiro atoms. The highest BCUT2D eigenvalue weighted by molar-refractivity contribution is 5.85. The van der Waals surface area contributed by atoms with Crippen LogP contribution in [0.3, 0.4) is 0 Å². The van der Waals surface area contributed by atoms with E-state index in [1.165, 1.54) is 12.1 Å². The van der Waals surface area contributed by atoms with E-state index < -0.39 is 18.0 Å². The third-order valence-corrected chi connectivity index (χ3v) is 2.11. The molecule has 0 saturated heterocycles. The van der Waals surface area contributed by atoms with Gasteiger partial charge in [0, 0.05) is 6.07 Å². The highest BCUT2D eigenvalue weighted by Crippen LogP contribution is 2.22. The minimum atomic E-state index is -0.721. The van der Waals surface area contributed by atoms with E-state index in [1.807, 2.05) is 6.92 Å². The molecule has 5 heteroatoms. The van der Waals surface area contributed by atoms with Gasteiger partial charge in [-0.1, -0.05) is 0 Å². The average Bonchev–Trinajstić information content (AvgIpc) is 2.16. The first kappa shape index (κ1) is 15.2. The molecule has 0 heterocycles. The Hall–Kier alpha value is -0.840. The van der Waals surface area contributed by atoms with E-state index in [0.717, 1.165) is 0 Å². The minimum absolute atomic E-state index is 0. The minimum Gasteiger partial charge on any atom is -0.494 e. The molecule has 0 aromatic heterocycles. The van der Waals surface area contributed by atoms with Gasteiger partial charge in [0.25, 0.3) is 0 Å². The summed E-state index contributed by atoms with van der Waals surface area (Å²) in [5.74, 6) is 0.0238. The fourth-order valence-electron chi connectivity index (χ4n) is 1.31. The van der Waals surface area contributed by atoms with Crippen LogP contribution in [0.2, 0.25) is 0 Å². The Labute approximate surface area is 101 Å². The van der Waals surface area contributed by atoms with Crippen LogP contribution in [-0.2, 0) is 0 Å². The van der Waals surface area contributed by atoms with E-state index in [4.69, 9.17) is 10.5 Å². The fourth-order valence-corrected chi connectivity index (χ4v) is 1.31. The summed E-state index contributed by atoms with van der Waals surface area (Å²) in [5, 5.41) is 9.30. The van der Waals surface area contributed by atoms with Crippen molar-refractivity contribution in [3.8, 4) is 5.75 Å². The summed E-state index contributed by atoms with van der Waals surface area (Å²) in [6.07, 6.45) is -0.721. The molecule has 0 unspecified atom stereocenters. The Bertz CT molecular complexity index is 334. The smallest absolute Gasteiger partial charge is 0.127 e. The molecule has 0 aliphatic heterocycles. The first-order valence-electron chi connectivity index (χ1n) is 4.91. The molecule has 3 nitrogen and oxygen atoms in total. The van der Waals surface area contributed by atoms with Gasteiger partial charge >= 0.3 is 0 Å². The largest absolute Gasteiger partial charge is 0.494 e. The number of hydrogen-bond donors (Lipinski definition) is 2. The molecule has 0 amide bonds. The molecule has 0 radical (unpaired) electrons. The van der Waals surface area contributed by atoms with Crippen LogP contribution in [0.1, 0.15) is 25.5 Å². The summed E-state index contributed by atoms with van der Waals surface area (Å²) in [5.41, 5.74) is 6.24. The standard InChI is InChI=1S/C11H16FNO2.ClH/c1-3-15-10-5-8(4-9(12)6-10)11(13)7(2)14;/h4-7,11,14H,3,13H2,1-2H3;1H/t7-,11+;/m0./s1. The van der Waals surface area contributed by atoms with Crippen LogP contribution >= 0.6 is 12.4 Å². The van der Waals surface area contributed by atoms with Crippen LogP contribution in [-0.4, -0.2) is 17.8 Å². The summed E-state index contributed by atoms with van der Waals surface area (Å²) in [6, 6.07) is 3.64. The lowest BCUT2D eigenvalue weighted by molar-refractivity contribution is 0.164. The molecule has 0 bridgehead atoms. The first-order chi connectivity index (χ1) is 7.04. The number of nitrogens with two attached hydrogens (primary N) is 1. The van der Waals surface area contributed by atoms with Crippen LogP contribution < -0.4 is 10.5 Å². The summed E-state index contributed by atoms with van der Waals surface area (Å²) in [6.45, 7) is 3.85. The molecule has 1 rings (SSSR count). The third kappa shape index (κ3) is 3.96. The number of hydrogen-bond acceptors (Lipinski definition) is 3. The zero-order chi connectivity index (χ0) is 11.4. The maximum atomic E-state index is 13.2. The molecule has 0 saturated carbocycles. The van der Waals surface area contributed by atoms with Crippen molar-refractivity contribution in [3.63, 3.8) is 0 Å². The van der Waals surface area contributed by atoms with Crippen molar-refractivity contribution in [1.82, 2.24) is 0 Å². The Morgan fingerprint density at radius 1 is 1.44 bits per heavy atom. The molecule has 3 N–H and O–H groups in total. The molecular weight excluding hydrogens is 233 g/mol. The van der Waals surface area contributed by atoms with Gasteiger partial charge in [0.1, 0.15) is 11.6 Å². The molecule has 0 aliphatic rings. The molecule has 1 aromatic carbocycles. The van der Waals surface area contributed by atoms with Gasteiger partial charge in [-0.25, -0.2) is 4.39 Å². The van der Waals surface area contributed by atoms with Gasteiger partial charge in [0.05, 0.1) is 18.8 Å². The SMILES string of the molecule is CCOc1cc(F)cc([C@H](N)[C@H](C)O)c1.Cl. The van der Waals surface area contributed by atoms with E-state index in [0.29, 0.717) is 17.9 Å². The highest BCUT2D eigenvalue weighted by Gasteiger charge is 2.14. The molecular formula is C11H17ClFNO2. The van der Waals surface area contributed by atoms with Crippen LogP contribution in [0.25, 0.3) is 0 Å². The predicted molar refractivity (Wildman–Crippen MR) is 63.4 cm³/mol. The number of aliphatic hydroxyl groups excluding tert-OH is 1. The fraction of sp³-hybridized carbons (Fsp3) is 0.455. The van der Waals surface area contributed by atoms with E-state index in [1.54, 1.807) is 13.0 Å². The number of rotatable bonds is 4. The average molecular weight is 250 g/mol. The van der Waals surface area contributed by atoms with Gasteiger partial charge in [0.15, 0.2) is 0 Å². The summed E-state index contributed by atoms with van der Waals surface area (Å²) in [7, 11) is 0. The van der Waals surface area contributed by atoms with Crippen LogP contribution in [0, 0.1) is 5.82 Å². The molecule has 16 heavy (non-hydrogen) atoms. The van der Waals surface area contributed by atoms with Crippen molar-refractivity contribution in [2.24, 2.45) is 5.73 Å². The zero-order valence-corrected chi connectivity index (χ0v) is 10.1. The lowest BCUT2D eigenvalue weighted by Crippen LogP contribution is -2.23. The second-order valence-corrected chi connectivity index (χ2v) is 3.42. The Morgan fingerprint density at radius 2 is 2.06 bits per heavy atom. The molecule has 2 atom stereocenters. The van der Waals surface area contributed by atoms with Crippen molar-refractivity contribution in [3.05, 3.63) is 29.6 Å². The summed E-state index contributed by atoms with van der Waals surface area (Å²) in [4.78, 5) is 0. The third-order valence-electron chi connectivity index (χ3n) is 2.11. The van der Waals surface area contributed by atoms with Gasteiger partial charge < -0.3 is 15.6 Å². The second-order valence-electron chi connectivity index (χ2n) is 3.42. The van der Waals surface area contributed by atoms with Crippen molar-refractivity contribution < 1.29 is 14.2 Å². The summed E-state index contributed by atoms with van der Waals surface area (Å²) < 4.78 is 18.3. The van der Waals surface area contributed by atoms with Crippen molar-refractivity contribution in [2.75, 3.05) is 6.61 Å². The Morgan fingerprint density at radius 3 is 2.56 bits per heavy atom. The molecule has 0 fully saturated rings. The molecule has 92 valence electrons. The van der Waals surface area contributed by atoms with Crippen molar-refractivity contribution in [1.29, 1.82) is 0 Å². The normalized spacial score (nSPS) is 13.8. The zero-order valence-electron chi connectivity index (χ0n) is 9.31. The van der Waals surface area contributed by atoms with Gasteiger partial charge in [-0.15, -0.1) is 12.4 Å². The van der Waals surface area contributed by atoms with Gasteiger partial charge in [-0.3, -0.25) is 0 Å². The van der Waals surface area contributed by atoms with Gasteiger partial charge in [0.2, 0.25) is 0 Å². The topological polar surface area (TPSA) is 55.5 Å². The Balaban J connectivity index is 0.00000225. The monoisotopic (exact) mass is 249 g/mol. The maximum absolute atomic E-state index is 13.2. The molecule has 0 aliphatic carbocycles. The van der Waals surface area contributed by atoms with Crippen LogP contribution in [0.5, 0.6) is 5.75 Å². The van der Waals surface area contributed by atoms with E-state index in [-0.39, 0.29) is 12.4 Å². The van der Waals surface area contributed by atoms with Crippen LogP contribution in [0.15, 0.2) is 18.2 Å². The summed E-state index contributed by atoms with van der Waals surface area (Å²) >= 11 is 0. The van der Waals surface area contributed by atoms with Gasteiger partial charge in [-0.05, 0) is 31.5 Å².